The molecule has 0 aliphatic heterocycles. The molecule has 0 bridgehead atoms. The molecular formula is C10H7N3O4. The highest BCUT2D eigenvalue weighted by Crippen LogP contribution is 2.30. The van der Waals surface area contributed by atoms with Gasteiger partial charge in [-0.25, -0.2) is 4.79 Å². The number of hydrogen-bond donors (Lipinski definition) is 2. The van der Waals surface area contributed by atoms with E-state index in [-0.39, 0.29) is 28.2 Å². The molecule has 0 saturated carbocycles. The molecule has 0 aliphatic rings. The summed E-state index contributed by atoms with van der Waals surface area (Å²) in [6, 6.07) is 3.25. The van der Waals surface area contributed by atoms with E-state index >= 15 is 0 Å². The summed E-state index contributed by atoms with van der Waals surface area (Å²) in [5, 5.41) is 18.0. The molecule has 0 aromatic carbocycles. The summed E-state index contributed by atoms with van der Waals surface area (Å²) in [5.74, 6) is -1.63. The summed E-state index contributed by atoms with van der Waals surface area (Å²) in [7, 11) is 1.35. The van der Waals surface area contributed by atoms with Crippen molar-refractivity contribution in [2.45, 2.75) is 0 Å². The van der Waals surface area contributed by atoms with Crippen LogP contribution in [0.1, 0.15) is 16.1 Å². The predicted octanol–water partition coefficient (Wildman–Crippen LogP) is 0.988. The Bertz CT molecular complexity index is 654. The Morgan fingerprint density at radius 1 is 1.71 bits per heavy atom. The van der Waals surface area contributed by atoms with Crippen molar-refractivity contribution >= 4 is 22.8 Å². The maximum absolute atomic E-state index is 10.8. The van der Waals surface area contributed by atoms with Gasteiger partial charge in [0.25, 0.3) is 0 Å². The standard InChI is InChI=1S/C10H7N3O4/c1-16-8-4(3-11)2-5-6(12)7(10(14)15)17-9(5)13-8/h2H,12H2,1H3,(H,14,15). The number of pyridine rings is 1. The number of nitrogens with zero attached hydrogens (tertiary/aromatic N) is 2. The van der Waals surface area contributed by atoms with E-state index in [1.165, 1.54) is 13.2 Å². The molecule has 0 aliphatic carbocycles. The lowest BCUT2D eigenvalue weighted by atomic mass is 10.2. The van der Waals surface area contributed by atoms with Crippen LogP contribution in [0, 0.1) is 11.3 Å². The van der Waals surface area contributed by atoms with Gasteiger partial charge in [0.2, 0.25) is 17.4 Å². The van der Waals surface area contributed by atoms with Gasteiger partial charge in [-0.15, -0.1) is 0 Å². The van der Waals surface area contributed by atoms with Crippen LogP contribution in [-0.2, 0) is 0 Å². The van der Waals surface area contributed by atoms with E-state index in [4.69, 9.17) is 25.3 Å². The largest absolute Gasteiger partial charge is 0.480 e. The van der Waals surface area contributed by atoms with Crippen molar-refractivity contribution in [2.75, 3.05) is 12.8 Å². The molecule has 2 aromatic heterocycles. The number of carbonyl (C=O) groups is 1. The van der Waals surface area contributed by atoms with Crippen LogP contribution in [0.2, 0.25) is 0 Å². The van der Waals surface area contributed by atoms with Gasteiger partial charge in [-0.3, -0.25) is 0 Å². The normalized spacial score (nSPS) is 10.1. The van der Waals surface area contributed by atoms with Gasteiger partial charge in [0.05, 0.1) is 18.2 Å². The number of aromatic carboxylic acids is 1. The van der Waals surface area contributed by atoms with E-state index in [0.717, 1.165) is 0 Å². The van der Waals surface area contributed by atoms with Crippen LogP contribution in [-0.4, -0.2) is 23.2 Å². The van der Waals surface area contributed by atoms with Gasteiger partial charge in [0.1, 0.15) is 11.6 Å². The molecule has 17 heavy (non-hydrogen) atoms. The summed E-state index contributed by atoms with van der Waals surface area (Å²) in [5.41, 5.74) is 5.71. The first-order valence-electron chi connectivity index (χ1n) is 4.49. The van der Waals surface area contributed by atoms with Crippen LogP contribution < -0.4 is 10.5 Å². The molecule has 0 amide bonds. The third-order valence-corrected chi connectivity index (χ3v) is 2.19. The smallest absolute Gasteiger partial charge is 0.374 e. The fourth-order valence-corrected chi connectivity index (χ4v) is 1.42. The number of carboxylic acid groups (broad SMARTS) is 1. The molecule has 3 N–H and O–H groups in total. The number of furan rings is 1. The molecule has 0 saturated heterocycles. The summed E-state index contributed by atoms with van der Waals surface area (Å²) in [6.45, 7) is 0. The number of ether oxygens (including phenoxy) is 1. The second-order valence-electron chi connectivity index (χ2n) is 3.16. The summed E-state index contributed by atoms with van der Waals surface area (Å²) < 4.78 is 9.85. The third-order valence-electron chi connectivity index (χ3n) is 2.19. The number of methoxy groups -OCH3 is 1. The molecule has 7 nitrogen and oxygen atoms in total. The lowest BCUT2D eigenvalue weighted by molar-refractivity contribution is 0.0666. The fraction of sp³-hybridized carbons (Fsp3) is 0.100. The summed E-state index contributed by atoms with van der Waals surface area (Å²) in [4.78, 5) is 14.7. The number of fused-ring (bicyclic) bond motifs is 1. The lowest BCUT2D eigenvalue weighted by Gasteiger charge is -1.99. The quantitative estimate of drug-likeness (QED) is 0.792. The fourth-order valence-electron chi connectivity index (χ4n) is 1.42. The first kappa shape index (κ1) is 10.8. The first-order valence-corrected chi connectivity index (χ1v) is 4.49. The molecule has 0 unspecified atom stereocenters. The van der Waals surface area contributed by atoms with Gasteiger partial charge in [-0.05, 0) is 6.07 Å². The Kier molecular flexibility index (Phi) is 2.33. The second-order valence-corrected chi connectivity index (χ2v) is 3.16. The molecule has 2 aromatic rings. The highest BCUT2D eigenvalue weighted by Gasteiger charge is 2.20. The Morgan fingerprint density at radius 3 is 2.94 bits per heavy atom. The minimum atomic E-state index is -1.29. The van der Waals surface area contributed by atoms with Gasteiger partial charge in [-0.2, -0.15) is 10.2 Å². The topological polar surface area (TPSA) is 122 Å². The molecule has 0 radical (unpaired) electrons. The van der Waals surface area contributed by atoms with E-state index in [1.54, 1.807) is 0 Å². The highest BCUT2D eigenvalue weighted by atomic mass is 16.5. The minimum Gasteiger partial charge on any atom is -0.480 e. The molecule has 0 fully saturated rings. The number of nitrogen functional groups attached to an aromatic ring is 1. The maximum Gasteiger partial charge on any atom is 0.374 e. The maximum atomic E-state index is 10.8. The Labute approximate surface area is 95.0 Å². The summed E-state index contributed by atoms with van der Waals surface area (Å²) in [6.07, 6.45) is 0. The van der Waals surface area contributed by atoms with Gasteiger partial charge >= 0.3 is 5.97 Å². The number of aromatic nitrogens is 1. The molecule has 0 spiro atoms. The van der Waals surface area contributed by atoms with Gasteiger partial charge in [0, 0.05) is 0 Å². The molecule has 86 valence electrons. The zero-order valence-corrected chi connectivity index (χ0v) is 8.72. The first-order chi connectivity index (χ1) is 8.08. The van der Waals surface area contributed by atoms with Crippen molar-refractivity contribution in [3.05, 3.63) is 17.4 Å². The molecule has 2 heterocycles. The second kappa shape index (κ2) is 3.68. The average molecular weight is 233 g/mol. The van der Waals surface area contributed by atoms with E-state index in [2.05, 4.69) is 4.98 Å². The number of carboxylic acids is 1. The van der Waals surface area contributed by atoms with Gasteiger partial charge in [-0.1, -0.05) is 0 Å². The van der Waals surface area contributed by atoms with Crippen LogP contribution in [0.25, 0.3) is 11.1 Å². The monoisotopic (exact) mass is 233 g/mol. The number of anilines is 1. The van der Waals surface area contributed by atoms with E-state index in [9.17, 15) is 4.79 Å². The number of rotatable bonds is 2. The van der Waals surface area contributed by atoms with Crippen LogP contribution in [0.4, 0.5) is 5.69 Å². The van der Waals surface area contributed by atoms with E-state index in [1.807, 2.05) is 6.07 Å². The number of nitriles is 1. The average Bonchev–Trinajstić information content (AvgIpc) is 2.64. The summed E-state index contributed by atoms with van der Waals surface area (Å²) >= 11 is 0. The Balaban J connectivity index is 2.81. The van der Waals surface area contributed by atoms with Crippen molar-refractivity contribution in [2.24, 2.45) is 0 Å². The minimum absolute atomic E-state index is 0.0238. The highest BCUT2D eigenvalue weighted by molar-refractivity contribution is 6.01. The zero-order chi connectivity index (χ0) is 12.6. The molecular weight excluding hydrogens is 226 g/mol. The van der Waals surface area contributed by atoms with Crippen LogP contribution in [0.5, 0.6) is 5.88 Å². The van der Waals surface area contributed by atoms with Crippen molar-refractivity contribution in [1.29, 1.82) is 5.26 Å². The molecule has 0 atom stereocenters. The van der Waals surface area contributed by atoms with Crippen molar-refractivity contribution in [3.63, 3.8) is 0 Å². The van der Waals surface area contributed by atoms with E-state index in [0.29, 0.717) is 0 Å². The zero-order valence-electron chi connectivity index (χ0n) is 8.72. The van der Waals surface area contributed by atoms with Gasteiger partial charge in [0.15, 0.2) is 0 Å². The van der Waals surface area contributed by atoms with Crippen molar-refractivity contribution < 1.29 is 19.1 Å². The van der Waals surface area contributed by atoms with Crippen molar-refractivity contribution in [1.82, 2.24) is 4.98 Å². The Hall–Kier alpha value is -2.75. The molecule has 7 heteroatoms. The lowest BCUT2D eigenvalue weighted by Crippen LogP contribution is -1.98. The predicted molar refractivity (Wildman–Crippen MR) is 56.6 cm³/mol. The van der Waals surface area contributed by atoms with Gasteiger partial charge < -0.3 is 20.0 Å². The third kappa shape index (κ3) is 1.52. The SMILES string of the molecule is COc1nc2oc(C(=O)O)c(N)c2cc1C#N. The van der Waals surface area contributed by atoms with E-state index < -0.39 is 11.7 Å². The molecule has 2 rings (SSSR count). The Morgan fingerprint density at radius 2 is 2.41 bits per heavy atom. The van der Waals surface area contributed by atoms with Crippen LogP contribution in [0.3, 0.4) is 0 Å². The number of nitrogens with two attached hydrogens (primary N) is 1. The van der Waals surface area contributed by atoms with Crippen LogP contribution >= 0.6 is 0 Å². The van der Waals surface area contributed by atoms with Crippen molar-refractivity contribution in [3.8, 4) is 11.9 Å². The van der Waals surface area contributed by atoms with Crippen LogP contribution in [0.15, 0.2) is 10.5 Å². The number of hydrogen-bond acceptors (Lipinski definition) is 6.